The van der Waals surface area contributed by atoms with Crippen molar-refractivity contribution in [2.75, 3.05) is 12.0 Å². The summed E-state index contributed by atoms with van der Waals surface area (Å²) in [4.78, 5) is 42.1. The van der Waals surface area contributed by atoms with Gasteiger partial charge in [-0.2, -0.15) is 0 Å². The summed E-state index contributed by atoms with van der Waals surface area (Å²) in [5.41, 5.74) is 1.25. The Morgan fingerprint density at radius 2 is 1.66 bits per heavy atom. The van der Waals surface area contributed by atoms with E-state index in [1.807, 2.05) is 6.92 Å². The van der Waals surface area contributed by atoms with Gasteiger partial charge in [0.25, 0.3) is 11.5 Å². The molecule has 1 aliphatic heterocycles. The number of methoxy groups -OCH3 is 1. The Kier molecular flexibility index (Phi) is 7.15. The van der Waals surface area contributed by atoms with Crippen molar-refractivity contribution >= 4 is 49.4 Å². The molecule has 41 heavy (non-hydrogen) atoms. The van der Waals surface area contributed by atoms with Crippen molar-refractivity contribution in [2.24, 2.45) is 0 Å². The normalized spacial score (nSPS) is 16.6. The molecule has 3 aromatic carbocycles. The number of nitrogens with zero attached hydrogens (tertiary/aromatic N) is 3. The van der Waals surface area contributed by atoms with Crippen LogP contribution in [0.25, 0.3) is 5.76 Å². The molecule has 208 valence electrons. The molecule has 1 aliphatic rings. The first-order chi connectivity index (χ1) is 19.5. The number of hydrogen-bond donors (Lipinski definition) is 1. The highest BCUT2D eigenvalue weighted by Crippen LogP contribution is 2.44. The van der Waals surface area contributed by atoms with E-state index in [-0.39, 0.29) is 31.3 Å². The van der Waals surface area contributed by atoms with Crippen molar-refractivity contribution in [3.8, 4) is 5.75 Å². The number of anilines is 1. The summed E-state index contributed by atoms with van der Waals surface area (Å²) in [5.74, 6) is -1.82. The highest BCUT2D eigenvalue weighted by molar-refractivity contribution is 7.93. The quantitative estimate of drug-likeness (QED) is 0.105. The number of rotatable bonds is 7. The van der Waals surface area contributed by atoms with E-state index < -0.39 is 32.5 Å². The highest BCUT2D eigenvalue weighted by atomic mass is 32.2. The van der Waals surface area contributed by atoms with Crippen molar-refractivity contribution in [3.05, 3.63) is 111 Å². The van der Waals surface area contributed by atoms with E-state index in [1.165, 1.54) is 7.11 Å². The molecule has 5 rings (SSSR count). The molecule has 0 spiro atoms. The number of nitro benzene ring substituents is 1. The van der Waals surface area contributed by atoms with Crippen molar-refractivity contribution in [1.82, 2.24) is 4.98 Å². The number of hydrogen-bond acceptors (Lipinski definition) is 10. The molecule has 1 N–H and O–H groups in total. The van der Waals surface area contributed by atoms with Crippen LogP contribution < -0.4 is 9.64 Å². The minimum absolute atomic E-state index is 0.0867. The minimum atomic E-state index is -4.16. The molecule has 0 bridgehead atoms. The first kappa shape index (κ1) is 27.7. The van der Waals surface area contributed by atoms with Crippen molar-refractivity contribution in [2.45, 2.75) is 22.1 Å². The van der Waals surface area contributed by atoms with Crippen LogP contribution in [0.5, 0.6) is 5.75 Å². The predicted octanol–water partition coefficient (Wildman–Crippen LogP) is 4.83. The number of nitro groups is 1. The Labute approximate surface area is 238 Å². The standard InChI is InChI=1S/C28H21N3O8S2/c1-16-3-5-18(6-4-16)25(32)23-24(17-7-11-20(39-2)12-8-17)30(27(34)26(23)33)28-29-15-22(40-28)41(37,38)21-13-9-19(10-14-21)31(35)36/h3-15,24,32H,1-2H3/b25-23-/t24-/m0/s1. The van der Waals surface area contributed by atoms with Crippen LogP contribution in [0.4, 0.5) is 10.8 Å². The summed E-state index contributed by atoms with van der Waals surface area (Å²) in [7, 11) is -2.67. The number of carbonyl (C=O) groups is 2. The SMILES string of the molecule is COc1ccc([C@H]2/C(=C(/O)c3ccc(C)cc3)C(=O)C(=O)N2c2ncc(S(=O)(=O)c3ccc([N+](=O)[O-])cc3)s2)cc1. The van der Waals surface area contributed by atoms with E-state index >= 15 is 0 Å². The van der Waals surface area contributed by atoms with E-state index in [2.05, 4.69) is 4.98 Å². The number of carbonyl (C=O) groups excluding carboxylic acids is 2. The first-order valence-electron chi connectivity index (χ1n) is 12.0. The molecule has 0 unspecified atom stereocenters. The van der Waals surface area contributed by atoms with Crippen molar-refractivity contribution < 1.29 is 32.8 Å². The number of ketones is 1. The van der Waals surface area contributed by atoms with Crippen LogP contribution in [0.2, 0.25) is 0 Å². The molecule has 1 aromatic heterocycles. The summed E-state index contributed by atoms with van der Waals surface area (Å²) in [6.45, 7) is 1.87. The maximum atomic E-state index is 13.4. The van der Waals surface area contributed by atoms with Gasteiger partial charge in [0, 0.05) is 17.7 Å². The van der Waals surface area contributed by atoms with Gasteiger partial charge in [0.05, 0.1) is 34.7 Å². The van der Waals surface area contributed by atoms with E-state index in [0.29, 0.717) is 28.2 Å². The van der Waals surface area contributed by atoms with Gasteiger partial charge in [-0.3, -0.25) is 24.6 Å². The average Bonchev–Trinajstić information content (AvgIpc) is 3.56. The molecule has 0 saturated carbocycles. The molecule has 0 radical (unpaired) electrons. The lowest BCUT2D eigenvalue weighted by Crippen LogP contribution is -2.29. The molecule has 4 aromatic rings. The molecule has 11 nitrogen and oxygen atoms in total. The van der Waals surface area contributed by atoms with Crippen LogP contribution in [0.15, 0.2) is 93.7 Å². The Morgan fingerprint density at radius 1 is 1.02 bits per heavy atom. The number of amides is 1. The fraction of sp³-hybridized carbons (Fsp3) is 0.107. The number of thiazole rings is 1. The molecular formula is C28H21N3O8S2. The maximum Gasteiger partial charge on any atom is 0.301 e. The maximum absolute atomic E-state index is 13.4. The van der Waals surface area contributed by atoms with Crippen LogP contribution in [-0.4, -0.2) is 42.2 Å². The van der Waals surface area contributed by atoms with Gasteiger partial charge in [-0.1, -0.05) is 53.3 Å². The topological polar surface area (TPSA) is 157 Å². The van der Waals surface area contributed by atoms with E-state index in [9.17, 15) is 33.2 Å². The Balaban J connectivity index is 1.62. The zero-order chi connectivity index (χ0) is 29.5. The van der Waals surface area contributed by atoms with Crippen LogP contribution in [0, 0.1) is 17.0 Å². The van der Waals surface area contributed by atoms with E-state index in [1.54, 1.807) is 48.5 Å². The third kappa shape index (κ3) is 4.96. The number of aliphatic hydroxyl groups is 1. The van der Waals surface area contributed by atoms with E-state index in [0.717, 1.165) is 40.9 Å². The minimum Gasteiger partial charge on any atom is -0.507 e. The van der Waals surface area contributed by atoms with Gasteiger partial charge in [-0.15, -0.1) is 0 Å². The van der Waals surface area contributed by atoms with E-state index in [4.69, 9.17) is 4.74 Å². The van der Waals surface area contributed by atoms with Crippen LogP contribution >= 0.6 is 11.3 Å². The largest absolute Gasteiger partial charge is 0.507 e. The van der Waals surface area contributed by atoms with Gasteiger partial charge in [0.2, 0.25) is 9.84 Å². The second-order valence-corrected chi connectivity index (χ2v) is 12.2. The molecule has 1 saturated heterocycles. The summed E-state index contributed by atoms with van der Waals surface area (Å²) in [5, 5.41) is 22.1. The molecule has 13 heteroatoms. The van der Waals surface area contributed by atoms with Gasteiger partial charge < -0.3 is 9.84 Å². The lowest BCUT2D eigenvalue weighted by atomic mass is 9.95. The third-order valence-corrected chi connectivity index (χ3v) is 9.73. The van der Waals surface area contributed by atoms with Crippen molar-refractivity contribution in [3.63, 3.8) is 0 Å². The summed E-state index contributed by atoms with van der Waals surface area (Å²) < 4.78 is 31.5. The zero-order valence-electron chi connectivity index (χ0n) is 21.5. The number of aryl methyl sites for hydroxylation is 1. The summed E-state index contributed by atoms with van der Waals surface area (Å²) >= 11 is 0.657. The van der Waals surface area contributed by atoms with Crippen LogP contribution in [0.1, 0.15) is 22.7 Å². The number of Topliss-reactive ketones (excluding diaryl/α,β-unsaturated/α-hetero) is 1. The van der Waals surface area contributed by atoms with Crippen LogP contribution in [0.3, 0.4) is 0 Å². The zero-order valence-corrected chi connectivity index (χ0v) is 23.2. The molecule has 1 amide bonds. The van der Waals surface area contributed by atoms with Gasteiger partial charge in [0.1, 0.15) is 15.7 Å². The third-order valence-electron chi connectivity index (χ3n) is 6.50. The molecule has 1 atom stereocenters. The number of benzene rings is 3. The van der Waals surface area contributed by atoms with Gasteiger partial charge in [-0.05, 0) is 36.8 Å². The second kappa shape index (κ2) is 10.6. The smallest absolute Gasteiger partial charge is 0.301 e. The Hall–Kier alpha value is -4.88. The first-order valence-corrected chi connectivity index (χ1v) is 14.3. The molecule has 0 aliphatic carbocycles. The predicted molar refractivity (Wildman–Crippen MR) is 150 cm³/mol. The molecule has 1 fully saturated rings. The summed E-state index contributed by atoms with van der Waals surface area (Å²) in [6, 6.07) is 16.5. The summed E-state index contributed by atoms with van der Waals surface area (Å²) in [6.07, 6.45) is 1.06. The Bertz CT molecular complexity index is 1810. The number of non-ortho nitro benzene ring substituents is 1. The van der Waals surface area contributed by atoms with Gasteiger partial charge >= 0.3 is 5.91 Å². The van der Waals surface area contributed by atoms with Crippen molar-refractivity contribution in [1.29, 1.82) is 0 Å². The number of sulfone groups is 1. The number of aromatic nitrogens is 1. The lowest BCUT2D eigenvalue weighted by Gasteiger charge is -2.23. The average molecular weight is 592 g/mol. The molecular weight excluding hydrogens is 570 g/mol. The Morgan fingerprint density at radius 3 is 2.24 bits per heavy atom. The number of aliphatic hydroxyl groups excluding tert-OH is 1. The molecule has 2 heterocycles. The second-order valence-electron chi connectivity index (χ2n) is 9.02. The number of ether oxygens (including phenoxy) is 1. The fourth-order valence-corrected chi connectivity index (χ4v) is 6.89. The lowest BCUT2D eigenvalue weighted by molar-refractivity contribution is -0.384. The van der Waals surface area contributed by atoms with Crippen LogP contribution in [-0.2, 0) is 19.4 Å². The monoisotopic (exact) mass is 591 g/mol. The van der Waals surface area contributed by atoms with Gasteiger partial charge in [0.15, 0.2) is 5.13 Å². The fourth-order valence-electron chi connectivity index (χ4n) is 4.35. The van der Waals surface area contributed by atoms with Gasteiger partial charge in [-0.25, -0.2) is 13.4 Å². The highest BCUT2D eigenvalue weighted by Gasteiger charge is 2.48.